The number of Topliss-reactive ketones (excluding diaryl/α,β-unsaturated/α-hetero) is 4. The van der Waals surface area contributed by atoms with Gasteiger partial charge in [0.1, 0.15) is 5.75 Å². The van der Waals surface area contributed by atoms with Crippen LogP contribution >= 0.6 is 0 Å². The van der Waals surface area contributed by atoms with Gasteiger partial charge in [0.25, 0.3) is 0 Å². The lowest BCUT2D eigenvalue weighted by atomic mass is 9.54. The first-order valence-electron chi connectivity index (χ1n) is 10.6. The van der Waals surface area contributed by atoms with Crippen LogP contribution in [-0.4, -0.2) is 73.3 Å². The van der Waals surface area contributed by atoms with E-state index in [0.717, 1.165) is 5.69 Å². The van der Waals surface area contributed by atoms with Crippen LogP contribution in [0.1, 0.15) is 22.3 Å². The highest BCUT2D eigenvalue weighted by atomic mass is 16.3. The van der Waals surface area contributed by atoms with E-state index >= 15 is 0 Å². The molecule has 4 rings (SSSR count). The molecule has 0 heterocycles. The molecular weight excluding hydrogens is 414 g/mol. The lowest BCUT2D eigenvalue weighted by Crippen LogP contribution is -2.64. The van der Waals surface area contributed by atoms with Gasteiger partial charge in [0.05, 0.1) is 23.4 Å². The number of amides is 1. The number of hydrogen-bond acceptors (Lipinski definition) is 8. The minimum Gasteiger partial charge on any atom is -0.507 e. The third-order valence-corrected chi connectivity index (χ3v) is 7.24. The summed E-state index contributed by atoms with van der Waals surface area (Å²) in [6.45, 7) is 0. The second kappa shape index (κ2) is 7.51. The molecule has 6 atom stereocenters. The molecule has 3 aliphatic rings. The van der Waals surface area contributed by atoms with Crippen LogP contribution in [0.5, 0.6) is 5.75 Å². The molecule has 9 heteroatoms. The van der Waals surface area contributed by atoms with Gasteiger partial charge in [0.2, 0.25) is 5.91 Å². The molecule has 0 saturated heterocycles. The minimum atomic E-state index is -1.69. The number of carbonyl (C=O) groups is 5. The molecular formula is C23H27N3O6. The van der Waals surface area contributed by atoms with Crippen molar-refractivity contribution in [3.05, 3.63) is 23.3 Å². The van der Waals surface area contributed by atoms with E-state index in [-0.39, 0.29) is 11.3 Å². The third kappa shape index (κ3) is 2.98. The SMILES string of the molecule is CN(C)c1ccc(O)c2c1C[C@H]1C[C@@H]3[C@@H](C(=O)C(C(N)=O)C(=O)[C@H]3N(C)C)C(=O)C1C2=O. The summed E-state index contributed by atoms with van der Waals surface area (Å²) in [7, 11) is 6.98. The van der Waals surface area contributed by atoms with Crippen LogP contribution in [0, 0.1) is 29.6 Å². The number of primary amides is 1. The second-order valence-electron chi connectivity index (χ2n) is 9.49. The number of aromatic hydroxyl groups is 1. The highest BCUT2D eigenvalue weighted by molar-refractivity contribution is 6.28. The standard InChI is InChI=1S/C23H27N3O6/c1-25(2)12-5-6-13(27)15-10(12)7-9-8-11-16(20(29)14(9)19(15)28)21(30)17(23(24)32)22(31)18(11)26(3)4/h5-6,9,11,14,16-18,27H,7-8H2,1-4H3,(H2,24,32)/t9-,11+,14?,16+,17?,18-/m0/s1. The summed E-state index contributed by atoms with van der Waals surface area (Å²) < 4.78 is 0. The van der Waals surface area contributed by atoms with Crippen LogP contribution in [0.2, 0.25) is 0 Å². The maximum atomic E-state index is 13.6. The molecule has 9 nitrogen and oxygen atoms in total. The number of phenols is 1. The number of rotatable bonds is 3. The van der Waals surface area contributed by atoms with Crippen LogP contribution in [0.15, 0.2) is 12.1 Å². The Kier molecular flexibility index (Phi) is 5.20. The molecule has 2 fully saturated rings. The van der Waals surface area contributed by atoms with Gasteiger partial charge in [-0.05, 0) is 56.5 Å². The fraction of sp³-hybridized carbons (Fsp3) is 0.522. The third-order valence-electron chi connectivity index (χ3n) is 7.24. The Morgan fingerprint density at radius 1 is 1.00 bits per heavy atom. The lowest BCUT2D eigenvalue weighted by molar-refractivity contribution is -0.157. The number of ketones is 4. The first-order chi connectivity index (χ1) is 15.0. The zero-order valence-electron chi connectivity index (χ0n) is 18.5. The topological polar surface area (TPSA) is 138 Å². The number of benzene rings is 1. The maximum Gasteiger partial charge on any atom is 0.235 e. The Bertz CT molecular complexity index is 1060. The summed E-state index contributed by atoms with van der Waals surface area (Å²) in [6.07, 6.45) is 0.672. The number of likely N-dealkylation sites (N-methyl/N-ethyl adjacent to an activating group) is 1. The average molecular weight is 441 g/mol. The van der Waals surface area contributed by atoms with Crippen LogP contribution in [-0.2, 0) is 25.6 Å². The van der Waals surface area contributed by atoms with Crippen molar-refractivity contribution < 1.29 is 29.1 Å². The number of phenolic OH excluding ortho intramolecular Hbond substituents is 1. The van der Waals surface area contributed by atoms with Gasteiger partial charge in [-0.2, -0.15) is 0 Å². The summed E-state index contributed by atoms with van der Waals surface area (Å²) in [5, 5.41) is 10.4. The van der Waals surface area contributed by atoms with Crippen molar-refractivity contribution in [1.29, 1.82) is 0 Å². The molecule has 2 unspecified atom stereocenters. The highest BCUT2D eigenvalue weighted by Crippen LogP contribution is 2.50. The molecule has 0 aliphatic heterocycles. The molecule has 0 bridgehead atoms. The van der Waals surface area contributed by atoms with Gasteiger partial charge >= 0.3 is 0 Å². The molecule has 3 aliphatic carbocycles. The van der Waals surface area contributed by atoms with Crippen molar-refractivity contribution in [2.75, 3.05) is 33.1 Å². The molecule has 2 saturated carbocycles. The molecule has 170 valence electrons. The van der Waals surface area contributed by atoms with Gasteiger partial charge in [0.15, 0.2) is 29.1 Å². The Hall–Kier alpha value is -3.07. The normalized spacial score (nSPS) is 31.8. The number of fused-ring (bicyclic) bond motifs is 3. The number of nitrogens with zero attached hydrogens (tertiary/aromatic N) is 2. The molecule has 3 N–H and O–H groups in total. The summed E-state index contributed by atoms with van der Waals surface area (Å²) >= 11 is 0. The average Bonchev–Trinajstić information content (AvgIpc) is 2.66. The quantitative estimate of drug-likeness (QED) is 0.616. The largest absolute Gasteiger partial charge is 0.507 e. The van der Waals surface area contributed by atoms with Gasteiger partial charge in [-0.25, -0.2) is 0 Å². The minimum absolute atomic E-state index is 0.110. The molecule has 0 spiro atoms. The smallest absolute Gasteiger partial charge is 0.235 e. The van der Waals surface area contributed by atoms with E-state index in [2.05, 4.69) is 0 Å². The molecule has 32 heavy (non-hydrogen) atoms. The molecule has 1 aromatic carbocycles. The van der Waals surface area contributed by atoms with E-state index < -0.39 is 64.7 Å². The number of carbonyl (C=O) groups excluding carboxylic acids is 5. The second-order valence-corrected chi connectivity index (χ2v) is 9.49. The Labute approximate surface area is 185 Å². The zero-order valence-corrected chi connectivity index (χ0v) is 18.5. The van der Waals surface area contributed by atoms with Crippen molar-refractivity contribution >= 4 is 34.7 Å². The molecule has 1 amide bonds. The van der Waals surface area contributed by atoms with Crippen LogP contribution in [0.4, 0.5) is 5.69 Å². The van der Waals surface area contributed by atoms with Gasteiger partial charge in [-0.15, -0.1) is 0 Å². The summed E-state index contributed by atoms with van der Waals surface area (Å²) in [5.74, 6) is -8.83. The van der Waals surface area contributed by atoms with E-state index in [4.69, 9.17) is 5.73 Å². The molecule has 0 aromatic heterocycles. The summed E-state index contributed by atoms with van der Waals surface area (Å²) in [5.41, 5.74) is 6.90. The number of anilines is 1. The first-order valence-corrected chi connectivity index (χ1v) is 10.6. The zero-order chi connectivity index (χ0) is 23.6. The van der Waals surface area contributed by atoms with E-state index in [1.165, 1.54) is 6.07 Å². The molecule has 0 radical (unpaired) electrons. The van der Waals surface area contributed by atoms with Crippen LogP contribution in [0.3, 0.4) is 0 Å². The monoisotopic (exact) mass is 441 g/mol. The van der Waals surface area contributed by atoms with Crippen LogP contribution in [0.25, 0.3) is 0 Å². The van der Waals surface area contributed by atoms with E-state index in [1.807, 2.05) is 19.0 Å². The number of nitrogens with two attached hydrogens (primary N) is 1. The van der Waals surface area contributed by atoms with Gasteiger partial charge in [-0.1, -0.05) is 0 Å². The van der Waals surface area contributed by atoms with Crippen LogP contribution < -0.4 is 10.6 Å². The van der Waals surface area contributed by atoms with Gasteiger partial charge < -0.3 is 15.7 Å². The lowest BCUT2D eigenvalue weighted by Gasteiger charge is -2.48. The van der Waals surface area contributed by atoms with E-state index in [9.17, 15) is 29.1 Å². The Morgan fingerprint density at radius 3 is 2.22 bits per heavy atom. The van der Waals surface area contributed by atoms with Gasteiger partial charge in [0, 0.05) is 19.8 Å². The maximum absolute atomic E-state index is 13.6. The summed E-state index contributed by atoms with van der Waals surface area (Å²) in [6, 6.07) is 2.33. The fourth-order valence-electron chi connectivity index (χ4n) is 6.03. The van der Waals surface area contributed by atoms with Crippen molar-refractivity contribution in [2.45, 2.75) is 18.9 Å². The highest BCUT2D eigenvalue weighted by Gasteiger charge is 2.61. The van der Waals surface area contributed by atoms with E-state index in [1.54, 1.807) is 25.1 Å². The fourth-order valence-corrected chi connectivity index (χ4v) is 6.03. The summed E-state index contributed by atoms with van der Waals surface area (Å²) in [4.78, 5) is 68.5. The van der Waals surface area contributed by atoms with Crippen molar-refractivity contribution in [1.82, 2.24) is 4.90 Å². The predicted octanol–water partition coefficient (Wildman–Crippen LogP) is -0.182. The van der Waals surface area contributed by atoms with E-state index in [0.29, 0.717) is 18.4 Å². The van der Waals surface area contributed by atoms with Crippen molar-refractivity contribution in [3.63, 3.8) is 0 Å². The molecule has 1 aromatic rings. The predicted molar refractivity (Wildman–Crippen MR) is 114 cm³/mol. The van der Waals surface area contributed by atoms with Crippen molar-refractivity contribution in [3.8, 4) is 5.75 Å². The Balaban J connectivity index is 1.83. The van der Waals surface area contributed by atoms with Gasteiger partial charge in [-0.3, -0.25) is 28.9 Å². The first kappa shape index (κ1) is 22.1. The number of hydrogen-bond donors (Lipinski definition) is 2. The Morgan fingerprint density at radius 2 is 1.66 bits per heavy atom. The van der Waals surface area contributed by atoms with Crippen molar-refractivity contribution in [2.24, 2.45) is 35.3 Å².